The van der Waals surface area contributed by atoms with Gasteiger partial charge in [0, 0.05) is 12.8 Å². The highest BCUT2D eigenvalue weighted by Gasteiger charge is 2.36. The van der Waals surface area contributed by atoms with Crippen LogP contribution in [0.2, 0.25) is 0 Å². The molecule has 0 saturated carbocycles. The SMILES string of the molecule is CCCCCCCCC(O)CCCCCCCCC(=O)OC(C)COC(=O)CCCCCCCC1OC1CCCCCCCC. The lowest BCUT2D eigenvalue weighted by atomic mass is 10.0. The molecule has 0 spiro atoms. The van der Waals surface area contributed by atoms with Crippen LogP contribution in [0.5, 0.6) is 0 Å². The lowest BCUT2D eigenvalue weighted by Crippen LogP contribution is -2.22. The van der Waals surface area contributed by atoms with E-state index in [1.54, 1.807) is 6.92 Å². The van der Waals surface area contributed by atoms with Gasteiger partial charge in [-0.15, -0.1) is 0 Å². The molecule has 0 bridgehead atoms. The van der Waals surface area contributed by atoms with Crippen molar-refractivity contribution in [3.8, 4) is 0 Å². The molecule has 0 aromatic carbocycles. The van der Waals surface area contributed by atoms with Crippen LogP contribution in [0.4, 0.5) is 0 Å². The minimum absolute atomic E-state index is 0.135. The number of hydrogen-bond acceptors (Lipinski definition) is 6. The molecule has 1 heterocycles. The number of esters is 2. The number of epoxide rings is 1. The summed E-state index contributed by atoms with van der Waals surface area (Å²) in [4.78, 5) is 24.2. The molecular weight excluding hydrogens is 564 g/mol. The molecule has 1 saturated heterocycles. The third kappa shape index (κ3) is 27.7. The molecule has 6 heteroatoms. The van der Waals surface area contributed by atoms with Crippen molar-refractivity contribution in [3.05, 3.63) is 0 Å². The molecule has 0 amide bonds. The molecule has 45 heavy (non-hydrogen) atoms. The molecule has 1 aliphatic rings. The van der Waals surface area contributed by atoms with Crippen LogP contribution in [-0.4, -0.2) is 48.1 Å². The van der Waals surface area contributed by atoms with Gasteiger partial charge in [0.1, 0.15) is 12.7 Å². The Morgan fingerprint density at radius 3 is 1.47 bits per heavy atom. The van der Waals surface area contributed by atoms with E-state index in [-0.39, 0.29) is 24.6 Å². The lowest BCUT2D eigenvalue weighted by molar-refractivity contribution is -0.158. The molecule has 6 nitrogen and oxygen atoms in total. The fraction of sp³-hybridized carbons (Fsp3) is 0.949. The Hall–Kier alpha value is -1.14. The normalized spacial score (nSPS) is 17.2. The van der Waals surface area contributed by atoms with Crippen molar-refractivity contribution >= 4 is 11.9 Å². The zero-order valence-corrected chi connectivity index (χ0v) is 30.0. The minimum Gasteiger partial charge on any atom is -0.462 e. The fourth-order valence-corrected chi connectivity index (χ4v) is 6.22. The summed E-state index contributed by atoms with van der Waals surface area (Å²) in [6, 6.07) is 0. The van der Waals surface area contributed by atoms with Crippen molar-refractivity contribution in [2.24, 2.45) is 0 Å². The van der Waals surface area contributed by atoms with E-state index in [0.717, 1.165) is 77.0 Å². The third-order valence-electron chi connectivity index (χ3n) is 9.27. The number of rotatable bonds is 34. The second kappa shape index (κ2) is 30.2. The summed E-state index contributed by atoms with van der Waals surface area (Å²) >= 11 is 0. The maximum atomic E-state index is 12.1. The van der Waals surface area contributed by atoms with Crippen molar-refractivity contribution in [1.82, 2.24) is 0 Å². The van der Waals surface area contributed by atoms with Crippen molar-refractivity contribution in [1.29, 1.82) is 0 Å². The molecule has 0 aliphatic carbocycles. The Morgan fingerprint density at radius 2 is 0.978 bits per heavy atom. The van der Waals surface area contributed by atoms with Crippen LogP contribution in [0.3, 0.4) is 0 Å². The Balaban J connectivity index is 1.84. The topological polar surface area (TPSA) is 85.4 Å². The largest absolute Gasteiger partial charge is 0.462 e. The summed E-state index contributed by atoms with van der Waals surface area (Å²) in [5.41, 5.74) is 0. The van der Waals surface area contributed by atoms with Gasteiger partial charge in [0.25, 0.3) is 0 Å². The van der Waals surface area contributed by atoms with Crippen molar-refractivity contribution in [2.75, 3.05) is 6.61 Å². The predicted octanol–water partition coefficient (Wildman–Crippen LogP) is 10.9. The first kappa shape index (κ1) is 41.9. The van der Waals surface area contributed by atoms with E-state index >= 15 is 0 Å². The average molecular weight is 639 g/mol. The molecule has 1 N–H and O–H groups in total. The number of carbonyl (C=O) groups excluding carboxylic acids is 2. The van der Waals surface area contributed by atoms with Crippen LogP contribution in [0.25, 0.3) is 0 Å². The molecule has 4 atom stereocenters. The van der Waals surface area contributed by atoms with Crippen molar-refractivity contribution in [3.63, 3.8) is 0 Å². The van der Waals surface area contributed by atoms with E-state index in [1.807, 2.05) is 0 Å². The first-order valence-corrected chi connectivity index (χ1v) is 19.6. The minimum atomic E-state index is -0.404. The highest BCUT2D eigenvalue weighted by molar-refractivity contribution is 5.70. The van der Waals surface area contributed by atoms with Crippen molar-refractivity contribution in [2.45, 2.75) is 231 Å². The van der Waals surface area contributed by atoms with E-state index in [9.17, 15) is 14.7 Å². The van der Waals surface area contributed by atoms with Crippen LogP contribution in [0.15, 0.2) is 0 Å². The fourth-order valence-electron chi connectivity index (χ4n) is 6.22. The Labute approximate surface area is 278 Å². The number of ether oxygens (including phenoxy) is 3. The van der Waals surface area contributed by atoms with Gasteiger partial charge in [-0.05, 0) is 45.4 Å². The maximum Gasteiger partial charge on any atom is 0.306 e. The number of hydrogen-bond donors (Lipinski definition) is 1. The van der Waals surface area contributed by atoms with Gasteiger partial charge in [-0.1, -0.05) is 149 Å². The summed E-state index contributed by atoms with van der Waals surface area (Å²) in [5.74, 6) is -0.404. The van der Waals surface area contributed by atoms with Gasteiger partial charge in [0.05, 0.1) is 18.3 Å². The van der Waals surface area contributed by atoms with E-state index < -0.39 is 6.10 Å². The van der Waals surface area contributed by atoms with Crippen LogP contribution in [-0.2, 0) is 23.8 Å². The zero-order valence-electron chi connectivity index (χ0n) is 30.0. The number of aliphatic hydroxyl groups is 1. The number of carbonyl (C=O) groups is 2. The number of aliphatic hydroxyl groups excluding tert-OH is 1. The highest BCUT2D eigenvalue weighted by atomic mass is 16.6. The zero-order chi connectivity index (χ0) is 32.8. The summed E-state index contributed by atoms with van der Waals surface area (Å²) in [6.45, 7) is 6.42. The second-order valence-electron chi connectivity index (χ2n) is 13.9. The Kier molecular flexibility index (Phi) is 28.1. The summed E-state index contributed by atoms with van der Waals surface area (Å²) in [6.07, 6.45) is 33.2. The first-order valence-electron chi connectivity index (χ1n) is 19.6. The average Bonchev–Trinajstić information content (AvgIpc) is 3.78. The van der Waals surface area contributed by atoms with Gasteiger partial charge >= 0.3 is 11.9 Å². The van der Waals surface area contributed by atoms with E-state index in [2.05, 4.69) is 13.8 Å². The molecule has 4 unspecified atom stereocenters. The van der Waals surface area contributed by atoms with Crippen LogP contribution >= 0.6 is 0 Å². The van der Waals surface area contributed by atoms with Gasteiger partial charge in [0.2, 0.25) is 0 Å². The summed E-state index contributed by atoms with van der Waals surface area (Å²) in [5, 5.41) is 10.1. The second-order valence-corrected chi connectivity index (χ2v) is 13.9. The molecule has 1 fully saturated rings. The smallest absolute Gasteiger partial charge is 0.306 e. The van der Waals surface area contributed by atoms with Gasteiger partial charge in [0.15, 0.2) is 0 Å². The predicted molar refractivity (Wildman–Crippen MR) is 186 cm³/mol. The Bertz CT molecular complexity index is 682. The Morgan fingerprint density at radius 1 is 0.578 bits per heavy atom. The van der Waals surface area contributed by atoms with E-state index in [4.69, 9.17) is 14.2 Å². The highest BCUT2D eigenvalue weighted by Crippen LogP contribution is 2.32. The van der Waals surface area contributed by atoms with Gasteiger partial charge in [-0.25, -0.2) is 0 Å². The maximum absolute atomic E-state index is 12.1. The molecule has 266 valence electrons. The van der Waals surface area contributed by atoms with Crippen LogP contribution in [0, 0.1) is 0 Å². The lowest BCUT2D eigenvalue weighted by Gasteiger charge is -2.13. The van der Waals surface area contributed by atoms with Gasteiger partial charge < -0.3 is 19.3 Å². The first-order chi connectivity index (χ1) is 22.0. The summed E-state index contributed by atoms with van der Waals surface area (Å²) < 4.78 is 16.6. The molecular formula is C39H74O6. The molecule has 0 radical (unpaired) electrons. The van der Waals surface area contributed by atoms with Crippen LogP contribution < -0.4 is 0 Å². The standard InChI is InChI=1S/C39H74O6/c1-4-6-8-10-15-21-27-35(40)28-22-16-12-13-19-26-32-39(42)44-34(3)33-43-38(41)31-25-20-14-18-24-30-37-36(45-37)29-23-17-11-9-7-5-2/h34-37,40H,4-33H2,1-3H3. The number of unbranched alkanes of at least 4 members (excludes halogenated alkanes) is 19. The van der Waals surface area contributed by atoms with Gasteiger partial charge in [-0.3, -0.25) is 9.59 Å². The summed E-state index contributed by atoms with van der Waals surface area (Å²) in [7, 11) is 0. The molecule has 0 aromatic rings. The quantitative estimate of drug-likeness (QED) is 0.0429. The van der Waals surface area contributed by atoms with Crippen LogP contribution in [0.1, 0.15) is 207 Å². The monoisotopic (exact) mass is 639 g/mol. The molecule has 1 aliphatic heterocycles. The molecule has 1 rings (SSSR count). The van der Waals surface area contributed by atoms with E-state index in [0.29, 0.717) is 25.0 Å². The van der Waals surface area contributed by atoms with Gasteiger partial charge in [-0.2, -0.15) is 0 Å². The van der Waals surface area contributed by atoms with E-state index in [1.165, 1.54) is 96.3 Å². The van der Waals surface area contributed by atoms with Crippen molar-refractivity contribution < 1.29 is 28.9 Å². The third-order valence-corrected chi connectivity index (χ3v) is 9.27. The molecule has 0 aromatic heterocycles.